The Morgan fingerprint density at radius 2 is 1.86 bits per heavy atom. The van der Waals surface area contributed by atoms with Gasteiger partial charge >= 0.3 is 0 Å². The maximum atomic E-state index is 11.6. The summed E-state index contributed by atoms with van der Waals surface area (Å²) >= 11 is 6.32. The summed E-state index contributed by atoms with van der Waals surface area (Å²) in [7, 11) is 0. The number of benzene rings is 1. The number of anilines is 1. The van der Waals surface area contributed by atoms with Crippen LogP contribution in [0.25, 0.3) is 0 Å². The van der Waals surface area contributed by atoms with Gasteiger partial charge in [-0.05, 0) is 35.3 Å². The standard InChI is InChI=1S/C17H23ClN2O/c1-5-16(21)20-10-8-19(9-11-20)13-6-7-15(18)14(12-13)17(2,3)4/h5-7,12H,1,8-11H2,2-4H3. The molecule has 1 amide bonds. The van der Waals surface area contributed by atoms with E-state index in [1.54, 1.807) is 0 Å². The Morgan fingerprint density at radius 1 is 1.24 bits per heavy atom. The van der Waals surface area contributed by atoms with E-state index < -0.39 is 0 Å². The van der Waals surface area contributed by atoms with Crippen molar-refractivity contribution in [3.05, 3.63) is 41.4 Å². The van der Waals surface area contributed by atoms with Crippen molar-refractivity contribution in [1.82, 2.24) is 4.90 Å². The van der Waals surface area contributed by atoms with Gasteiger partial charge in [0.25, 0.3) is 0 Å². The van der Waals surface area contributed by atoms with Gasteiger partial charge in [0.1, 0.15) is 0 Å². The number of carbonyl (C=O) groups is 1. The Balaban J connectivity index is 2.14. The van der Waals surface area contributed by atoms with Crippen molar-refractivity contribution in [2.24, 2.45) is 0 Å². The molecule has 4 heteroatoms. The average Bonchev–Trinajstić information content (AvgIpc) is 2.46. The van der Waals surface area contributed by atoms with Crippen molar-refractivity contribution in [3.63, 3.8) is 0 Å². The van der Waals surface area contributed by atoms with Crippen molar-refractivity contribution in [2.45, 2.75) is 26.2 Å². The highest BCUT2D eigenvalue weighted by molar-refractivity contribution is 6.31. The van der Waals surface area contributed by atoms with E-state index in [4.69, 9.17) is 11.6 Å². The van der Waals surface area contributed by atoms with Crippen LogP contribution in [-0.4, -0.2) is 37.0 Å². The van der Waals surface area contributed by atoms with Gasteiger partial charge < -0.3 is 9.80 Å². The molecule has 0 unspecified atom stereocenters. The van der Waals surface area contributed by atoms with E-state index in [-0.39, 0.29) is 11.3 Å². The molecule has 0 radical (unpaired) electrons. The van der Waals surface area contributed by atoms with Crippen molar-refractivity contribution < 1.29 is 4.79 Å². The number of piperazine rings is 1. The first-order valence-corrected chi connectivity index (χ1v) is 7.67. The van der Waals surface area contributed by atoms with Crippen molar-refractivity contribution in [3.8, 4) is 0 Å². The van der Waals surface area contributed by atoms with E-state index in [2.05, 4.69) is 44.4 Å². The van der Waals surface area contributed by atoms with E-state index in [9.17, 15) is 4.79 Å². The molecule has 21 heavy (non-hydrogen) atoms. The maximum absolute atomic E-state index is 11.6. The number of hydrogen-bond donors (Lipinski definition) is 0. The van der Waals surface area contributed by atoms with Crippen LogP contribution < -0.4 is 4.90 Å². The molecule has 0 bridgehead atoms. The minimum absolute atomic E-state index is 0.0149. The van der Waals surface area contributed by atoms with Crippen LogP contribution >= 0.6 is 11.6 Å². The Labute approximate surface area is 132 Å². The van der Waals surface area contributed by atoms with Gasteiger partial charge in [-0.15, -0.1) is 0 Å². The van der Waals surface area contributed by atoms with Crippen LogP contribution in [0.5, 0.6) is 0 Å². The average molecular weight is 307 g/mol. The molecular weight excluding hydrogens is 284 g/mol. The first kappa shape index (κ1) is 15.9. The normalized spacial score (nSPS) is 16.0. The van der Waals surface area contributed by atoms with Crippen molar-refractivity contribution >= 4 is 23.2 Å². The molecule has 1 heterocycles. The molecule has 3 nitrogen and oxygen atoms in total. The van der Waals surface area contributed by atoms with Crippen LogP contribution in [-0.2, 0) is 10.2 Å². The van der Waals surface area contributed by atoms with Crippen LogP contribution in [0.15, 0.2) is 30.9 Å². The molecule has 0 aliphatic carbocycles. The van der Waals surface area contributed by atoms with Gasteiger partial charge in [0.05, 0.1) is 0 Å². The Hall–Kier alpha value is -1.48. The van der Waals surface area contributed by atoms with Crippen LogP contribution in [0.3, 0.4) is 0 Å². The molecule has 1 aliphatic rings. The third-order valence-electron chi connectivity index (χ3n) is 3.89. The van der Waals surface area contributed by atoms with E-state index >= 15 is 0 Å². The maximum Gasteiger partial charge on any atom is 0.246 e. The number of carbonyl (C=O) groups excluding carboxylic acids is 1. The van der Waals surface area contributed by atoms with Gasteiger partial charge in [-0.1, -0.05) is 39.0 Å². The summed E-state index contributed by atoms with van der Waals surface area (Å²) in [5, 5.41) is 0.812. The van der Waals surface area contributed by atoms with Gasteiger partial charge in [0.15, 0.2) is 0 Å². The van der Waals surface area contributed by atoms with Crippen LogP contribution in [0.2, 0.25) is 5.02 Å². The van der Waals surface area contributed by atoms with Gasteiger partial charge in [-0.2, -0.15) is 0 Å². The summed E-state index contributed by atoms with van der Waals surface area (Å²) in [4.78, 5) is 15.8. The Kier molecular flexibility index (Phi) is 4.62. The number of hydrogen-bond acceptors (Lipinski definition) is 2. The molecule has 0 aromatic heterocycles. The molecule has 2 rings (SSSR count). The van der Waals surface area contributed by atoms with Crippen LogP contribution in [0, 0.1) is 0 Å². The lowest BCUT2D eigenvalue weighted by atomic mass is 9.86. The van der Waals surface area contributed by atoms with Crippen LogP contribution in [0.1, 0.15) is 26.3 Å². The summed E-state index contributed by atoms with van der Waals surface area (Å²) in [5.41, 5.74) is 2.36. The molecule has 1 aromatic rings. The minimum Gasteiger partial charge on any atom is -0.368 e. The Morgan fingerprint density at radius 3 is 2.38 bits per heavy atom. The molecule has 0 N–H and O–H groups in total. The second kappa shape index (κ2) is 6.10. The quantitative estimate of drug-likeness (QED) is 0.781. The van der Waals surface area contributed by atoms with Gasteiger partial charge in [0.2, 0.25) is 5.91 Å². The molecule has 1 aromatic carbocycles. The Bertz CT molecular complexity index is 540. The zero-order chi connectivity index (χ0) is 15.6. The molecule has 1 fully saturated rings. The van der Waals surface area contributed by atoms with Crippen LogP contribution in [0.4, 0.5) is 5.69 Å². The van der Waals surface area contributed by atoms with Gasteiger partial charge in [-0.25, -0.2) is 0 Å². The molecule has 0 saturated carbocycles. The first-order chi connectivity index (χ1) is 9.82. The van der Waals surface area contributed by atoms with E-state index in [0.29, 0.717) is 0 Å². The van der Waals surface area contributed by atoms with Crippen molar-refractivity contribution in [1.29, 1.82) is 0 Å². The molecular formula is C17H23ClN2O. The first-order valence-electron chi connectivity index (χ1n) is 7.29. The fourth-order valence-corrected chi connectivity index (χ4v) is 3.00. The monoisotopic (exact) mass is 306 g/mol. The highest BCUT2D eigenvalue weighted by Gasteiger charge is 2.22. The highest BCUT2D eigenvalue weighted by atomic mass is 35.5. The summed E-state index contributed by atoms with van der Waals surface area (Å²) in [5.74, 6) is 0.0149. The molecule has 114 valence electrons. The molecule has 0 atom stereocenters. The fraction of sp³-hybridized carbons (Fsp3) is 0.471. The zero-order valence-electron chi connectivity index (χ0n) is 13.0. The molecule has 1 saturated heterocycles. The predicted octanol–water partition coefficient (Wildman–Crippen LogP) is 3.47. The second-order valence-corrected chi connectivity index (χ2v) is 6.84. The third-order valence-corrected chi connectivity index (χ3v) is 4.22. The van der Waals surface area contributed by atoms with E-state index in [0.717, 1.165) is 36.8 Å². The SMILES string of the molecule is C=CC(=O)N1CCN(c2ccc(Cl)c(C(C)(C)C)c2)CC1. The molecule has 0 spiro atoms. The smallest absolute Gasteiger partial charge is 0.246 e. The topological polar surface area (TPSA) is 23.6 Å². The van der Waals surface area contributed by atoms with Gasteiger partial charge in [-0.3, -0.25) is 4.79 Å². The third kappa shape index (κ3) is 3.59. The zero-order valence-corrected chi connectivity index (χ0v) is 13.8. The number of nitrogens with zero attached hydrogens (tertiary/aromatic N) is 2. The van der Waals surface area contributed by atoms with Crippen molar-refractivity contribution in [2.75, 3.05) is 31.1 Å². The number of rotatable bonds is 2. The fourth-order valence-electron chi connectivity index (χ4n) is 2.60. The predicted molar refractivity (Wildman–Crippen MR) is 89.1 cm³/mol. The second-order valence-electron chi connectivity index (χ2n) is 6.43. The van der Waals surface area contributed by atoms with Gasteiger partial charge in [0, 0.05) is 36.9 Å². The lowest BCUT2D eigenvalue weighted by Crippen LogP contribution is -2.48. The minimum atomic E-state index is 0.0149. The summed E-state index contributed by atoms with van der Waals surface area (Å²) in [6, 6.07) is 6.20. The van der Waals surface area contributed by atoms with E-state index in [1.807, 2.05) is 11.0 Å². The highest BCUT2D eigenvalue weighted by Crippen LogP contribution is 2.33. The molecule has 1 aliphatic heterocycles. The summed E-state index contributed by atoms with van der Waals surface area (Å²) < 4.78 is 0. The van der Waals surface area contributed by atoms with E-state index in [1.165, 1.54) is 11.8 Å². The largest absolute Gasteiger partial charge is 0.368 e. The lowest BCUT2D eigenvalue weighted by Gasteiger charge is -2.36. The summed E-state index contributed by atoms with van der Waals surface area (Å²) in [6.45, 7) is 13.2. The summed E-state index contributed by atoms with van der Waals surface area (Å²) in [6.07, 6.45) is 1.38. The lowest BCUT2D eigenvalue weighted by molar-refractivity contribution is -0.126. The number of halogens is 1. The number of amides is 1.